The van der Waals surface area contributed by atoms with Crippen LogP contribution in [0.15, 0.2) is 4.99 Å². The molecule has 0 aromatic rings. The van der Waals surface area contributed by atoms with Crippen molar-refractivity contribution >= 4 is 18.2 Å². The van der Waals surface area contributed by atoms with Gasteiger partial charge >= 0.3 is 0 Å². The fourth-order valence-electron chi connectivity index (χ4n) is 4.29. The lowest BCUT2D eigenvalue weighted by Gasteiger charge is -2.30. The summed E-state index contributed by atoms with van der Waals surface area (Å²) in [5, 5.41) is 3.52. The Balaban J connectivity index is 0.00000133. The van der Waals surface area contributed by atoms with E-state index in [9.17, 15) is 0 Å². The summed E-state index contributed by atoms with van der Waals surface area (Å²) < 4.78 is 0. The minimum absolute atomic E-state index is 0. The maximum absolute atomic E-state index is 5.10. The van der Waals surface area contributed by atoms with Gasteiger partial charge in [-0.25, -0.2) is 0 Å². The Morgan fingerprint density at radius 1 is 0.842 bits per heavy atom. The zero-order valence-corrected chi connectivity index (χ0v) is 12.9. The van der Waals surface area contributed by atoms with Gasteiger partial charge in [0.2, 0.25) is 0 Å². The summed E-state index contributed by atoms with van der Waals surface area (Å²) in [7, 11) is 0. The first kappa shape index (κ1) is 15.2. The van der Waals surface area contributed by atoms with Gasteiger partial charge in [-0.1, -0.05) is 38.5 Å². The molecule has 0 aromatic heterocycles. The Morgan fingerprint density at radius 3 is 2.42 bits per heavy atom. The monoisotopic (exact) mass is 284 g/mol. The summed E-state index contributed by atoms with van der Waals surface area (Å²) >= 11 is 0. The predicted molar refractivity (Wildman–Crippen MR) is 84.2 cm³/mol. The van der Waals surface area contributed by atoms with Crippen molar-refractivity contribution in [2.75, 3.05) is 6.54 Å². The number of halogens is 1. The van der Waals surface area contributed by atoms with Gasteiger partial charge in [0.25, 0.3) is 0 Å². The third-order valence-electron chi connectivity index (χ3n) is 5.28. The molecule has 3 aliphatic rings. The molecule has 0 unspecified atom stereocenters. The van der Waals surface area contributed by atoms with Crippen LogP contribution in [0.5, 0.6) is 0 Å². The average molecular weight is 285 g/mol. The van der Waals surface area contributed by atoms with Gasteiger partial charge in [-0.3, -0.25) is 4.99 Å². The fourth-order valence-corrected chi connectivity index (χ4v) is 4.29. The van der Waals surface area contributed by atoms with Crippen LogP contribution in [0.2, 0.25) is 0 Å². The minimum Gasteiger partial charge on any atom is -0.374 e. The van der Waals surface area contributed by atoms with Gasteiger partial charge < -0.3 is 5.32 Å². The van der Waals surface area contributed by atoms with Gasteiger partial charge in [-0.2, -0.15) is 0 Å². The van der Waals surface area contributed by atoms with Crippen molar-refractivity contribution in [1.82, 2.24) is 5.32 Å². The van der Waals surface area contributed by atoms with Crippen LogP contribution < -0.4 is 5.32 Å². The molecule has 2 aliphatic carbocycles. The smallest absolute Gasteiger partial charge is 0.0966 e. The highest BCUT2D eigenvalue weighted by molar-refractivity contribution is 5.85. The van der Waals surface area contributed by atoms with Crippen LogP contribution in [0.4, 0.5) is 0 Å². The molecule has 0 aromatic carbocycles. The second kappa shape index (κ2) is 7.52. The van der Waals surface area contributed by atoms with Crippen molar-refractivity contribution in [3.63, 3.8) is 0 Å². The standard InChI is InChI=1S/C16H28N2.ClH/c1-2-7-13(8-3-1)14-9-6-10-15(14)18-16-11-4-5-12-17-16;/h13-15H,1-12H2,(H,17,18);1H/t14-,15-;/m1./s1. The Morgan fingerprint density at radius 2 is 1.68 bits per heavy atom. The molecular formula is C16H29ClN2. The van der Waals surface area contributed by atoms with Gasteiger partial charge in [0.1, 0.15) is 0 Å². The van der Waals surface area contributed by atoms with Crippen molar-refractivity contribution in [1.29, 1.82) is 0 Å². The third-order valence-corrected chi connectivity index (χ3v) is 5.28. The van der Waals surface area contributed by atoms with E-state index in [1.165, 1.54) is 76.5 Å². The summed E-state index contributed by atoms with van der Waals surface area (Å²) in [5.74, 6) is 3.25. The van der Waals surface area contributed by atoms with Crippen molar-refractivity contribution in [2.45, 2.75) is 76.7 Å². The van der Waals surface area contributed by atoms with Crippen LogP contribution in [0.1, 0.15) is 70.6 Å². The lowest BCUT2D eigenvalue weighted by Crippen LogP contribution is -2.32. The highest BCUT2D eigenvalue weighted by atomic mass is 35.5. The number of hydrogen-bond acceptors (Lipinski definition) is 1. The predicted octanol–water partition coefficient (Wildman–Crippen LogP) is 4.33. The number of amidine groups is 1. The van der Waals surface area contributed by atoms with Crippen LogP contribution in [0, 0.1) is 11.8 Å². The molecule has 0 spiro atoms. The van der Waals surface area contributed by atoms with Crippen molar-refractivity contribution in [3.8, 4) is 0 Å². The van der Waals surface area contributed by atoms with Crippen LogP contribution in [-0.2, 0) is 0 Å². The van der Waals surface area contributed by atoms with E-state index in [4.69, 9.17) is 4.99 Å². The number of nitrogens with zero attached hydrogens (tertiary/aromatic N) is 1. The highest BCUT2D eigenvalue weighted by Crippen LogP contribution is 2.41. The molecule has 1 saturated heterocycles. The van der Waals surface area contributed by atoms with Crippen molar-refractivity contribution in [2.24, 2.45) is 16.8 Å². The summed E-state index contributed by atoms with van der Waals surface area (Å²) in [4.78, 5) is 5.10. The van der Waals surface area contributed by atoms with Crippen LogP contribution in [-0.4, -0.2) is 18.4 Å². The number of piperidine rings is 1. The maximum Gasteiger partial charge on any atom is 0.0966 e. The van der Waals surface area contributed by atoms with E-state index in [1.807, 2.05) is 0 Å². The minimum atomic E-state index is 0. The zero-order valence-electron chi connectivity index (χ0n) is 12.1. The number of aliphatic imine (C=N–C) groups is 1. The lowest BCUT2D eigenvalue weighted by molar-refractivity contribution is 0.235. The molecular weight excluding hydrogens is 256 g/mol. The van der Waals surface area contributed by atoms with Crippen LogP contribution in [0.3, 0.4) is 0 Å². The molecule has 2 saturated carbocycles. The quantitative estimate of drug-likeness (QED) is 0.802. The molecule has 1 N–H and O–H groups in total. The summed E-state index contributed by atoms with van der Waals surface area (Å²) in [6.45, 7) is 1.15. The van der Waals surface area contributed by atoms with E-state index < -0.39 is 0 Å². The van der Waals surface area contributed by atoms with E-state index in [-0.39, 0.29) is 12.4 Å². The summed E-state index contributed by atoms with van der Waals surface area (Å²) in [5.41, 5.74) is 0. The summed E-state index contributed by atoms with van der Waals surface area (Å²) in [6.07, 6.45) is 15.5. The topological polar surface area (TPSA) is 24.4 Å². The highest BCUT2D eigenvalue weighted by Gasteiger charge is 2.34. The van der Waals surface area contributed by atoms with Gasteiger partial charge in [-0.05, 0) is 37.5 Å². The SMILES string of the molecule is C1CCC([C@H]2CCC[C@H]2N=C2CCCCN2)CC1.Cl. The van der Waals surface area contributed by atoms with Crippen LogP contribution in [0.25, 0.3) is 0 Å². The Labute approximate surface area is 124 Å². The largest absolute Gasteiger partial charge is 0.374 e. The molecule has 1 aliphatic heterocycles. The molecule has 2 nitrogen and oxygen atoms in total. The fraction of sp³-hybridized carbons (Fsp3) is 0.938. The van der Waals surface area contributed by atoms with Crippen LogP contribution >= 0.6 is 12.4 Å². The van der Waals surface area contributed by atoms with Gasteiger partial charge in [0, 0.05) is 13.0 Å². The normalized spacial score (nSPS) is 34.8. The Bertz CT molecular complexity index is 289. The Kier molecular flexibility index (Phi) is 6.00. The van der Waals surface area contributed by atoms with Crippen molar-refractivity contribution in [3.05, 3.63) is 0 Å². The van der Waals surface area contributed by atoms with E-state index >= 15 is 0 Å². The third kappa shape index (κ3) is 3.87. The van der Waals surface area contributed by atoms with Gasteiger partial charge in [0.15, 0.2) is 0 Å². The second-order valence-corrected chi connectivity index (χ2v) is 6.52. The first-order valence-electron chi connectivity index (χ1n) is 8.24. The molecule has 3 fully saturated rings. The van der Waals surface area contributed by atoms with E-state index in [1.54, 1.807) is 0 Å². The number of nitrogens with one attached hydrogen (secondary N) is 1. The van der Waals surface area contributed by atoms with Gasteiger partial charge in [0.05, 0.1) is 11.9 Å². The van der Waals surface area contributed by atoms with Crippen molar-refractivity contribution < 1.29 is 0 Å². The van der Waals surface area contributed by atoms with E-state index in [0.29, 0.717) is 6.04 Å². The molecule has 3 heteroatoms. The molecule has 0 bridgehead atoms. The zero-order chi connectivity index (χ0) is 12.2. The Hall–Kier alpha value is -0.240. The average Bonchev–Trinajstić information content (AvgIpc) is 2.89. The molecule has 2 atom stereocenters. The molecule has 3 rings (SSSR count). The molecule has 0 amide bonds. The lowest BCUT2D eigenvalue weighted by atomic mass is 9.78. The van der Waals surface area contributed by atoms with E-state index in [2.05, 4.69) is 5.32 Å². The van der Waals surface area contributed by atoms with Gasteiger partial charge in [-0.15, -0.1) is 12.4 Å². The molecule has 1 heterocycles. The van der Waals surface area contributed by atoms with E-state index in [0.717, 1.165) is 18.4 Å². The maximum atomic E-state index is 5.10. The summed E-state index contributed by atoms with van der Waals surface area (Å²) in [6, 6.07) is 0.661. The first-order valence-corrected chi connectivity index (χ1v) is 8.24. The molecule has 110 valence electrons. The molecule has 0 radical (unpaired) electrons. The second-order valence-electron chi connectivity index (χ2n) is 6.52. The number of hydrogen-bond donors (Lipinski definition) is 1. The molecule has 19 heavy (non-hydrogen) atoms. The first-order chi connectivity index (χ1) is 8.93. The number of rotatable bonds is 2.